The molecule has 1 aliphatic heterocycles. The lowest BCUT2D eigenvalue weighted by molar-refractivity contribution is -0.134. The summed E-state index contributed by atoms with van der Waals surface area (Å²) in [5.41, 5.74) is 0. The molecule has 3 nitrogen and oxygen atoms in total. The van der Waals surface area contributed by atoms with Gasteiger partial charge in [-0.3, -0.25) is 4.79 Å². The van der Waals surface area contributed by atoms with Crippen molar-refractivity contribution in [1.29, 1.82) is 0 Å². The van der Waals surface area contributed by atoms with E-state index in [1.54, 1.807) is 0 Å². The molecule has 1 N–H and O–H groups in total. The molecular formula is C6H11NO2Si. The van der Waals surface area contributed by atoms with Crippen LogP contribution in [0.1, 0.15) is 6.42 Å². The molecule has 56 valence electrons. The Labute approximate surface area is 62.4 Å². The Morgan fingerprint density at radius 3 is 3.20 bits per heavy atom. The molecule has 0 aliphatic carbocycles. The summed E-state index contributed by atoms with van der Waals surface area (Å²) in [5, 5.41) is 2.64. The fourth-order valence-corrected chi connectivity index (χ4v) is 1.51. The zero-order valence-corrected chi connectivity index (χ0v) is 7.21. The van der Waals surface area contributed by atoms with E-state index in [9.17, 15) is 4.79 Å². The number of hydrogen-bond acceptors (Lipinski definition) is 2. The summed E-state index contributed by atoms with van der Waals surface area (Å²) in [6, 6.07) is 0.979. The van der Waals surface area contributed by atoms with Crippen LogP contribution in [0.4, 0.5) is 0 Å². The predicted octanol–water partition coefficient (Wildman–Crippen LogP) is -0.463. The van der Waals surface area contributed by atoms with Crippen molar-refractivity contribution in [1.82, 2.24) is 5.32 Å². The number of carbonyl (C=O) groups is 1. The van der Waals surface area contributed by atoms with Gasteiger partial charge in [0.2, 0.25) is 5.91 Å². The summed E-state index contributed by atoms with van der Waals surface area (Å²) in [5.74, 6) is 0.0950. The summed E-state index contributed by atoms with van der Waals surface area (Å²) in [4.78, 5) is 10.3. The molecule has 4 heteroatoms. The summed E-state index contributed by atoms with van der Waals surface area (Å²) >= 11 is 0. The van der Waals surface area contributed by atoms with Crippen molar-refractivity contribution in [2.24, 2.45) is 0 Å². The molecule has 1 fully saturated rings. The first kappa shape index (κ1) is 7.49. The first-order valence-corrected chi connectivity index (χ1v) is 4.92. The first-order chi connectivity index (χ1) is 4.83. The monoisotopic (exact) mass is 157 g/mol. The maximum atomic E-state index is 10.3. The van der Waals surface area contributed by atoms with Crippen LogP contribution >= 0.6 is 0 Å². The van der Waals surface area contributed by atoms with Gasteiger partial charge in [0, 0.05) is 0 Å². The van der Waals surface area contributed by atoms with Crippen LogP contribution in [-0.2, 0) is 9.22 Å². The van der Waals surface area contributed by atoms with Gasteiger partial charge in [-0.05, 0) is 6.04 Å². The van der Waals surface area contributed by atoms with E-state index >= 15 is 0 Å². The molecule has 0 radical (unpaired) electrons. The van der Waals surface area contributed by atoms with Crippen LogP contribution in [0.3, 0.4) is 0 Å². The second kappa shape index (κ2) is 3.53. The number of nitrogens with one attached hydrogen (secondary N) is 1. The zero-order valence-electron chi connectivity index (χ0n) is 5.80. The number of β-lactam (4-membered cyclic amide) rings is 1. The lowest BCUT2D eigenvalue weighted by atomic mass is 10.2. The number of hydrogen-bond donors (Lipinski definition) is 1. The largest absolute Gasteiger partial charge is 0.404 e. The van der Waals surface area contributed by atoms with Gasteiger partial charge in [0.25, 0.3) is 0 Å². The van der Waals surface area contributed by atoms with Gasteiger partial charge < -0.3 is 9.74 Å². The van der Waals surface area contributed by atoms with E-state index in [1.807, 2.05) is 6.08 Å². The average Bonchev–Trinajstić information content (AvgIpc) is 1.85. The molecule has 0 saturated carbocycles. The van der Waals surface area contributed by atoms with Gasteiger partial charge in [-0.25, -0.2) is 0 Å². The molecule has 0 aromatic carbocycles. The highest BCUT2D eigenvalue weighted by atomic mass is 28.2. The van der Waals surface area contributed by atoms with E-state index in [1.165, 1.54) is 0 Å². The quantitative estimate of drug-likeness (QED) is 0.259. The summed E-state index contributed by atoms with van der Waals surface area (Å²) < 4.78 is 5.32. The van der Waals surface area contributed by atoms with Gasteiger partial charge in [0.1, 0.15) is 6.23 Å². The number of carbonyl (C=O) groups excluding carboxylic acids is 1. The highest BCUT2D eigenvalue weighted by Gasteiger charge is 2.24. The number of rotatable bonds is 4. The Morgan fingerprint density at radius 2 is 2.70 bits per heavy atom. The molecule has 0 aromatic rings. The lowest BCUT2D eigenvalue weighted by Crippen LogP contribution is -2.50. The molecular weight excluding hydrogens is 146 g/mol. The molecule has 0 spiro atoms. The van der Waals surface area contributed by atoms with Gasteiger partial charge in [-0.15, -0.1) is 6.58 Å². The van der Waals surface area contributed by atoms with Crippen molar-refractivity contribution < 1.29 is 9.22 Å². The summed E-state index contributed by atoms with van der Waals surface area (Å²) in [6.45, 7) is 3.58. The minimum absolute atomic E-state index is 0.0270. The van der Waals surface area contributed by atoms with E-state index in [-0.39, 0.29) is 12.1 Å². The average molecular weight is 157 g/mol. The summed E-state index contributed by atoms with van der Waals surface area (Å²) in [6.07, 6.45) is 2.43. The Morgan fingerprint density at radius 1 is 2.00 bits per heavy atom. The van der Waals surface area contributed by atoms with E-state index in [4.69, 9.17) is 4.43 Å². The van der Waals surface area contributed by atoms with Crippen LogP contribution in [0.2, 0.25) is 6.04 Å². The van der Waals surface area contributed by atoms with Crippen molar-refractivity contribution in [3.05, 3.63) is 12.7 Å². The molecule has 1 rings (SSSR count). The molecule has 1 aliphatic rings. The first-order valence-electron chi connectivity index (χ1n) is 3.35. The van der Waals surface area contributed by atoms with Crippen LogP contribution in [0.25, 0.3) is 0 Å². The normalized spacial score (nSPS) is 24.4. The Hall–Kier alpha value is -0.613. The minimum Gasteiger partial charge on any atom is -0.404 e. The maximum absolute atomic E-state index is 10.3. The fraction of sp³-hybridized carbons (Fsp3) is 0.500. The molecule has 1 heterocycles. The van der Waals surface area contributed by atoms with Crippen LogP contribution < -0.4 is 5.32 Å². The third kappa shape index (κ3) is 1.96. The van der Waals surface area contributed by atoms with Crippen molar-refractivity contribution in [2.75, 3.05) is 0 Å². The molecule has 1 saturated heterocycles. The van der Waals surface area contributed by atoms with Crippen molar-refractivity contribution >= 4 is 15.7 Å². The number of allylic oxidation sites excluding steroid dienone is 1. The minimum atomic E-state index is -0.451. The van der Waals surface area contributed by atoms with Crippen molar-refractivity contribution in [3.63, 3.8) is 0 Å². The van der Waals surface area contributed by atoms with Gasteiger partial charge in [0.05, 0.1) is 6.42 Å². The Bertz CT molecular complexity index is 141. The van der Waals surface area contributed by atoms with Gasteiger partial charge in [-0.2, -0.15) is 0 Å². The molecule has 0 aromatic heterocycles. The van der Waals surface area contributed by atoms with Crippen LogP contribution in [0, 0.1) is 0 Å². The lowest BCUT2D eigenvalue weighted by Gasteiger charge is -2.26. The van der Waals surface area contributed by atoms with E-state index in [0.717, 1.165) is 6.04 Å². The topological polar surface area (TPSA) is 38.3 Å². The van der Waals surface area contributed by atoms with Crippen LogP contribution in [-0.4, -0.2) is 21.9 Å². The van der Waals surface area contributed by atoms with Gasteiger partial charge >= 0.3 is 0 Å². The fourth-order valence-electron chi connectivity index (χ4n) is 0.721. The van der Waals surface area contributed by atoms with Crippen LogP contribution in [0.5, 0.6) is 0 Å². The van der Waals surface area contributed by atoms with Crippen molar-refractivity contribution in [3.8, 4) is 0 Å². The highest BCUT2D eigenvalue weighted by molar-refractivity contribution is 6.28. The third-order valence-electron chi connectivity index (χ3n) is 1.33. The number of amides is 1. The zero-order chi connectivity index (χ0) is 7.40. The van der Waals surface area contributed by atoms with E-state index < -0.39 is 9.76 Å². The second-order valence-corrected chi connectivity index (χ2v) is 3.53. The Balaban J connectivity index is 1.95. The van der Waals surface area contributed by atoms with E-state index in [0.29, 0.717) is 6.42 Å². The second-order valence-electron chi connectivity index (χ2n) is 2.21. The predicted molar refractivity (Wildman–Crippen MR) is 41.2 cm³/mol. The molecule has 0 bridgehead atoms. The van der Waals surface area contributed by atoms with Gasteiger partial charge in [0.15, 0.2) is 9.76 Å². The van der Waals surface area contributed by atoms with Crippen molar-refractivity contribution in [2.45, 2.75) is 18.7 Å². The smallest absolute Gasteiger partial charge is 0.226 e. The highest BCUT2D eigenvalue weighted by Crippen LogP contribution is 2.04. The molecule has 1 atom stereocenters. The molecule has 10 heavy (non-hydrogen) atoms. The standard InChI is InChI=1S/C6H11NO2Si/c1-2-3-10-9-6-4-5(8)7-6/h2,6H,1,3-4,10H2,(H,7,8). The van der Waals surface area contributed by atoms with E-state index in [2.05, 4.69) is 11.9 Å². The SMILES string of the molecule is C=CC[SiH2]OC1CC(=O)N1. The van der Waals surface area contributed by atoms with Crippen LogP contribution in [0.15, 0.2) is 12.7 Å². The molecule has 1 unspecified atom stereocenters. The summed E-state index contributed by atoms with van der Waals surface area (Å²) in [7, 11) is -0.451. The molecule has 1 amide bonds. The third-order valence-corrected chi connectivity index (χ3v) is 2.62. The maximum Gasteiger partial charge on any atom is 0.226 e. The van der Waals surface area contributed by atoms with Gasteiger partial charge in [-0.1, -0.05) is 6.08 Å². The Kier molecular flexibility index (Phi) is 2.64.